The quantitative estimate of drug-likeness (QED) is 0.0898. The van der Waals surface area contributed by atoms with Gasteiger partial charge in [0.15, 0.2) is 11.7 Å². The second-order valence-corrected chi connectivity index (χ2v) is 21.1. The zero-order chi connectivity index (χ0) is 43.4. The Bertz CT molecular complexity index is 2450. The molecule has 13 atom stereocenters. The maximum atomic E-state index is 15.8. The maximum absolute atomic E-state index is 15.8. The Hall–Kier alpha value is -4.56. The van der Waals surface area contributed by atoms with E-state index in [-0.39, 0.29) is 48.8 Å². The number of aliphatic hydroxyl groups is 3. The van der Waals surface area contributed by atoms with Crippen molar-refractivity contribution < 1.29 is 34.8 Å². The lowest BCUT2D eigenvalue weighted by atomic mass is 9.33. The van der Waals surface area contributed by atoms with Crippen LogP contribution in [-0.4, -0.2) is 66.3 Å². The summed E-state index contributed by atoms with van der Waals surface area (Å²) < 4.78 is 0. The van der Waals surface area contributed by atoms with Gasteiger partial charge in [-0.2, -0.15) is 0 Å². The molecular formula is C51H59N3O7. The van der Waals surface area contributed by atoms with Gasteiger partial charge < -0.3 is 31.9 Å². The third-order valence-electron chi connectivity index (χ3n) is 18.9. The summed E-state index contributed by atoms with van der Waals surface area (Å²) in [5.41, 5.74) is 4.14. The normalized spacial score (nSPS) is 47.7. The third-order valence-corrected chi connectivity index (χ3v) is 18.9. The first-order valence-corrected chi connectivity index (χ1v) is 22.4. The number of rotatable bonds is 4. The molecule has 8 N–H and O–H groups in total. The largest absolute Gasteiger partial charge is 0.478 e. The van der Waals surface area contributed by atoms with Crippen molar-refractivity contribution in [3.8, 4) is 11.8 Å². The average Bonchev–Trinajstić information content (AvgIpc) is 3.35. The summed E-state index contributed by atoms with van der Waals surface area (Å²) in [6, 6.07) is 9.88. The van der Waals surface area contributed by atoms with Gasteiger partial charge in [0.25, 0.3) is 0 Å². The van der Waals surface area contributed by atoms with Crippen molar-refractivity contribution in [1.29, 1.82) is 0 Å². The Balaban J connectivity index is 1.27. The van der Waals surface area contributed by atoms with E-state index < -0.39 is 79.1 Å². The molecule has 13 unspecified atom stereocenters. The minimum absolute atomic E-state index is 0.0567. The Morgan fingerprint density at radius 2 is 1.64 bits per heavy atom. The van der Waals surface area contributed by atoms with E-state index in [1.807, 2.05) is 49.4 Å². The van der Waals surface area contributed by atoms with Crippen LogP contribution in [-0.2, 0) is 14.4 Å². The Labute approximate surface area is 358 Å². The van der Waals surface area contributed by atoms with Crippen LogP contribution in [0.25, 0.3) is 6.08 Å². The van der Waals surface area contributed by atoms with E-state index in [0.29, 0.717) is 68.1 Å². The van der Waals surface area contributed by atoms with Gasteiger partial charge in [-0.25, -0.2) is 9.79 Å². The van der Waals surface area contributed by atoms with Gasteiger partial charge in [0, 0.05) is 70.3 Å². The number of nitrogens with two attached hydrogens (primary N) is 2. The predicted molar refractivity (Wildman–Crippen MR) is 231 cm³/mol. The summed E-state index contributed by atoms with van der Waals surface area (Å²) in [4.78, 5) is 47.9. The van der Waals surface area contributed by atoms with Crippen LogP contribution in [0.3, 0.4) is 0 Å². The molecule has 0 radical (unpaired) electrons. The lowest BCUT2D eigenvalue weighted by Crippen LogP contribution is -2.71. The molecule has 10 heteroatoms. The van der Waals surface area contributed by atoms with Crippen LogP contribution >= 0.6 is 0 Å². The molecule has 2 spiro atoms. The van der Waals surface area contributed by atoms with Crippen LogP contribution in [0.4, 0.5) is 0 Å². The number of hydrogen-bond donors (Lipinski definition) is 6. The van der Waals surface area contributed by atoms with Crippen molar-refractivity contribution in [3.05, 3.63) is 88.6 Å². The number of nitrogens with zero attached hydrogens (tertiary/aromatic N) is 1. The van der Waals surface area contributed by atoms with Crippen LogP contribution in [0.15, 0.2) is 88.0 Å². The van der Waals surface area contributed by atoms with Crippen molar-refractivity contribution in [1.82, 2.24) is 0 Å². The molecular weight excluding hydrogens is 767 g/mol. The van der Waals surface area contributed by atoms with Crippen LogP contribution in [0, 0.1) is 62.6 Å². The molecule has 1 aromatic rings. The SMILES string of the molecule is CC1C2C(N=C(N)N)(C=CC13CC1(O)C=CC4(O)C5=C6C(=O)CC3(C)C51CCC#CCC1(C)C(=O)CCC6(C)C1C4C=Cc1ccccc1)CCC1=C(C(=O)O)CCCC12O. The molecule has 0 aromatic heterocycles. The minimum atomic E-state index is -1.76. The Morgan fingerprint density at radius 1 is 0.885 bits per heavy atom. The fourth-order valence-corrected chi connectivity index (χ4v) is 16.7. The van der Waals surface area contributed by atoms with Crippen molar-refractivity contribution in [2.75, 3.05) is 0 Å². The number of aliphatic carboxylic acids is 1. The van der Waals surface area contributed by atoms with Gasteiger partial charge in [0.05, 0.1) is 16.7 Å². The minimum Gasteiger partial charge on any atom is -0.478 e. The second-order valence-electron chi connectivity index (χ2n) is 21.1. The molecule has 61 heavy (non-hydrogen) atoms. The summed E-state index contributed by atoms with van der Waals surface area (Å²) in [7, 11) is 0. The first-order chi connectivity index (χ1) is 28.7. The predicted octanol–water partition coefficient (Wildman–Crippen LogP) is 6.12. The summed E-state index contributed by atoms with van der Waals surface area (Å²) in [5, 5.41) is 51.6. The average molecular weight is 826 g/mol. The fourth-order valence-electron chi connectivity index (χ4n) is 16.7. The third kappa shape index (κ3) is 4.65. The molecule has 10 nitrogen and oxygen atoms in total. The first kappa shape index (κ1) is 40.5. The van der Waals surface area contributed by atoms with E-state index in [1.165, 1.54) is 0 Å². The number of fused-ring (bicyclic) bond motifs is 5. The van der Waals surface area contributed by atoms with Crippen molar-refractivity contribution in [2.24, 2.45) is 67.2 Å². The van der Waals surface area contributed by atoms with Gasteiger partial charge in [-0.05, 0) is 91.4 Å². The molecule has 4 bridgehead atoms. The zero-order valence-electron chi connectivity index (χ0n) is 35.8. The van der Waals surface area contributed by atoms with Gasteiger partial charge in [-0.15, -0.1) is 11.8 Å². The van der Waals surface area contributed by atoms with E-state index >= 15 is 4.79 Å². The number of ketones is 2. The molecule has 0 aliphatic heterocycles. The number of benzene rings is 1. The van der Waals surface area contributed by atoms with Gasteiger partial charge in [0.1, 0.15) is 11.4 Å². The van der Waals surface area contributed by atoms with Gasteiger partial charge in [0.2, 0.25) is 0 Å². The molecule has 0 saturated heterocycles. The lowest BCUT2D eigenvalue weighted by Gasteiger charge is -2.70. The summed E-state index contributed by atoms with van der Waals surface area (Å²) in [5.74, 6) is 3.34. The number of carboxylic acid groups (broad SMARTS) is 1. The molecule has 10 rings (SSSR count). The molecule has 0 amide bonds. The van der Waals surface area contributed by atoms with Gasteiger partial charge in [-0.3, -0.25) is 9.59 Å². The number of hydrogen-bond acceptors (Lipinski definition) is 7. The standard InChI is InChI=1S/C51H59N3O7/c1-30-38-47(54-42(52)53,23-17-33-32(41(57)58)14-11-20-49(33,38)60)25-24-46(30)29-48(59)26-27-50(61)34(16-15-31-12-7-5-8-13-31)39-43(2)19-9-6-10-21-51(48)40(50)37(35(55)28-45(46,51)4)44(39,3)22-18-36(43)56/h5,7-8,12-13,15-16,24-27,30,34,38-39,59-61H,10-11,14,17-23,28-29H2,1-4H3,(H,57,58)(H4,52,53,54). The highest BCUT2D eigenvalue weighted by Gasteiger charge is 2.84. The molecule has 3 fully saturated rings. The molecule has 3 saturated carbocycles. The Morgan fingerprint density at radius 3 is 2.36 bits per heavy atom. The van der Waals surface area contributed by atoms with Gasteiger partial charge in [-0.1, -0.05) is 88.4 Å². The smallest absolute Gasteiger partial charge is 0.331 e. The van der Waals surface area contributed by atoms with E-state index in [9.17, 15) is 30.0 Å². The number of carboxylic acids is 1. The highest BCUT2D eigenvalue weighted by molar-refractivity contribution is 6.02. The maximum Gasteiger partial charge on any atom is 0.331 e. The van der Waals surface area contributed by atoms with E-state index in [0.717, 1.165) is 5.56 Å². The number of Topliss-reactive ketones (excluding diaryl/α,β-unsaturated/α-hetero) is 2. The molecule has 320 valence electrons. The fraction of sp³-hybridized carbons (Fsp3) is 0.569. The highest BCUT2D eigenvalue weighted by Crippen LogP contribution is 2.84. The van der Waals surface area contributed by atoms with E-state index in [1.54, 1.807) is 12.2 Å². The van der Waals surface area contributed by atoms with Crippen molar-refractivity contribution >= 4 is 29.6 Å². The van der Waals surface area contributed by atoms with Crippen LogP contribution in [0.5, 0.6) is 0 Å². The Kier molecular flexibility index (Phi) is 8.33. The van der Waals surface area contributed by atoms with Crippen LogP contribution < -0.4 is 11.5 Å². The van der Waals surface area contributed by atoms with Crippen LogP contribution in [0.2, 0.25) is 0 Å². The monoisotopic (exact) mass is 825 g/mol. The first-order valence-electron chi connectivity index (χ1n) is 22.4. The second kappa shape index (κ2) is 12.5. The number of guanidine groups is 1. The molecule has 1 aromatic carbocycles. The molecule has 9 aliphatic rings. The van der Waals surface area contributed by atoms with Crippen molar-refractivity contribution in [2.45, 2.75) is 127 Å². The topological polar surface area (TPSA) is 197 Å². The van der Waals surface area contributed by atoms with E-state index in [2.05, 4.69) is 44.8 Å². The molecule has 0 heterocycles. The molecule has 9 aliphatic carbocycles. The number of carbonyl (C=O) groups excluding carboxylic acids is 2. The summed E-state index contributed by atoms with van der Waals surface area (Å²) in [6.45, 7) is 8.29. The van der Waals surface area contributed by atoms with Crippen LogP contribution in [0.1, 0.15) is 110 Å². The van der Waals surface area contributed by atoms with Gasteiger partial charge >= 0.3 is 5.97 Å². The highest BCUT2D eigenvalue weighted by atomic mass is 16.4. The number of carbonyl (C=O) groups is 3. The number of aliphatic imine (C=N–C) groups is 1. The lowest BCUT2D eigenvalue weighted by molar-refractivity contribution is -0.172. The number of allylic oxidation sites excluding steroid dienone is 2. The summed E-state index contributed by atoms with van der Waals surface area (Å²) >= 11 is 0. The summed E-state index contributed by atoms with van der Waals surface area (Å²) in [6.07, 6.45) is 15.5. The van der Waals surface area contributed by atoms with E-state index in [4.69, 9.17) is 16.5 Å². The van der Waals surface area contributed by atoms with Crippen molar-refractivity contribution in [3.63, 3.8) is 0 Å². The zero-order valence-corrected chi connectivity index (χ0v) is 35.8.